The van der Waals surface area contributed by atoms with Crippen LogP contribution in [0.15, 0.2) is 45.8 Å². The van der Waals surface area contributed by atoms with Gasteiger partial charge in [-0.25, -0.2) is 0 Å². The van der Waals surface area contributed by atoms with Crippen molar-refractivity contribution < 1.29 is 24.0 Å². The van der Waals surface area contributed by atoms with Crippen molar-refractivity contribution in [2.24, 2.45) is 0 Å². The molecule has 1 aliphatic rings. The number of benzene rings is 2. The third-order valence-corrected chi connectivity index (χ3v) is 5.46. The Morgan fingerprint density at radius 2 is 1.97 bits per heavy atom. The highest BCUT2D eigenvalue weighted by molar-refractivity contribution is 9.10. The summed E-state index contributed by atoms with van der Waals surface area (Å²) in [5.74, 6) is 0.428. The van der Waals surface area contributed by atoms with Crippen LogP contribution in [0, 0.1) is 10.1 Å². The van der Waals surface area contributed by atoms with Gasteiger partial charge in [-0.15, -0.1) is 0 Å². The lowest BCUT2D eigenvalue weighted by Gasteiger charge is -2.13. The summed E-state index contributed by atoms with van der Waals surface area (Å²) >= 11 is 4.18. The fourth-order valence-electron chi connectivity index (χ4n) is 2.79. The molecule has 0 atom stereocenters. The van der Waals surface area contributed by atoms with Crippen molar-refractivity contribution in [3.8, 4) is 11.5 Å². The Morgan fingerprint density at radius 3 is 2.62 bits per heavy atom. The van der Waals surface area contributed by atoms with Crippen molar-refractivity contribution in [3.63, 3.8) is 0 Å². The lowest BCUT2D eigenvalue weighted by molar-refractivity contribution is -0.384. The number of nitrogens with zero attached hydrogens (tertiary/aromatic N) is 2. The molecule has 1 fully saturated rings. The molecule has 10 heteroatoms. The molecule has 150 valence electrons. The van der Waals surface area contributed by atoms with E-state index in [2.05, 4.69) is 15.9 Å². The SMILES string of the molecule is COc1cc(Br)cc(/C=C2/SC(=O)N(Cc3cccc([N+](=O)[O-])c3)C2=O)c1OC. The first kappa shape index (κ1) is 20.9. The molecule has 1 heterocycles. The van der Waals surface area contributed by atoms with Gasteiger partial charge in [-0.1, -0.05) is 28.1 Å². The zero-order chi connectivity index (χ0) is 21.1. The Hall–Kier alpha value is -2.85. The fraction of sp³-hybridized carbons (Fsp3) is 0.158. The maximum Gasteiger partial charge on any atom is 0.293 e. The molecule has 0 radical (unpaired) electrons. The standard InChI is InChI=1S/C19H15BrN2O6S/c1-27-15-9-13(20)7-12(17(15)28-2)8-16-18(23)21(19(24)29-16)10-11-4-3-5-14(6-11)22(25)26/h3-9H,10H2,1-2H3/b16-8+. The summed E-state index contributed by atoms with van der Waals surface area (Å²) in [7, 11) is 2.98. The van der Waals surface area contributed by atoms with E-state index in [1.165, 1.54) is 32.4 Å². The summed E-state index contributed by atoms with van der Waals surface area (Å²) in [6.07, 6.45) is 1.56. The summed E-state index contributed by atoms with van der Waals surface area (Å²) in [6.45, 7) is -0.0529. The van der Waals surface area contributed by atoms with Crippen molar-refractivity contribution in [2.45, 2.75) is 6.54 Å². The minimum Gasteiger partial charge on any atom is -0.493 e. The van der Waals surface area contributed by atoms with Crippen LogP contribution in [0.5, 0.6) is 11.5 Å². The summed E-state index contributed by atoms with van der Waals surface area (Å²) in [5, 5.41) is 10.5. The maximum absolute atomic E-state index is 12.8. The molecule has 0 unspecified atom stereocenters. The van der Waals surface area contributed by atoms with E-state index in [1.54, 1.807) is 24.3 Å². The number of ether oxygens (including phenoxy) is 2. The number of non-ortho nitro benzene ring substituents is 1. The van der Waals surface area contributed by atoms with Gasteiger partial charge >= 0.3 is 0 Å². The average molecular weight is 479 g/mol. The van der Waals surface area contributed by atoms with Gasteiger partial charge in [0.15, 0.2) is 11.5 Å². The van der Waals surface area contributed by atoms with Crippen molar-refractivity contribution >= 4 is 50.6 Å². The normalized spacial score (nSPS) is 15.1. The molecule has 0 bridgehead atoms. The number of halogens is 1. The van der Waals surface area contributed by atoms with Gasteiger partial charge in [-0.2, -0.15) is 0 Å². The molecule has 2 amide bonds. The van der Waals surface area contributed by atoms with E-state index in [-0.39, 0.29) is 17.1 Å². The minimum atomic E-state index is -0.524. The van der Waals surface area contributed by atoms with Crippen LogP contribution in [0.25, 0.3) is 6.08 Å². The van der Waals surface area contributed by atoms with E-state index in [0.29, 0.717) is 22.6 Å². The summed E-state index contributed by atoms with van der Waals surface area (Å²) in [6, 6.07) is 9.31. The quantitative estimate of drug-likeness (QED) is 0.339. The van der Waals surface area contributed by atoms with Crippen molar-refractivity contribution in [2.75, 3.05) is 14.2 Å². The molecule has 29 heavy (non-hydrogen) atoms. The molecule has 8 nitrogen and oxygen atoms in total. The highest BCUT2D eigenvalue weighted by Crippen LogP contribution is 2.39. The van der Waals surface area contributed by atoms with Crippen molar-refractivity contribution in [1.29, 1.82) is 0 Å². The van der Waals surface area contributed by atoms with Gasteiger partial charge in [0.25, 0.3) is 16.8 Å². The summed E-state index contributed by atoms with van der Waals surface area (Å²) in [5.41, 5.74) is 0.958. The lowest BCUT2D eigenvalue weighted by atomic mass is 10.1. The second kappa shape index (κ2) is 8.66. The van der Waals surface area contributed by atoms with Crippen LogP contribution in [0.3, 0.4) is 0 Å². The number of carbonyl (C=O) groups excluding carboxylic acids is 2. The van der Waals surface area contributed by atoms with Gasteiger partial charge in [0, 0.05) is 22.2 Å². The molecule has 0 aliphatic carbocycles. The molecule has 2 aromatic rings. The topological polar surface area (TPSA) is 99.0 Å². The Kier molecular flexibility index (Phi) is 6.23. The number of methoxy groups -OCH3 is 2. The van der Waals surface area contributed by atoms with Gasteiger partial charge in [0.1, 0.15) is 0 Å². The monoisotopic (exact) mass is 478 g/mol. The van der Waals surface area contributed by atoms with Gasteiger partial charge in [0.05, 0.1) is 30.6 Å². The van der Waals surface area contributed by atoms with Gasteiger partial charge in [0.2, 0.25) is 0 Å². The maximum atomic E-state index is 12.8. The third kappa shape index (κ3) is 4.43. The van der Waals surface area contributed by atoms with Crippen LogP contribution in [0.2, 0.25) is 0 Å². The van der Waals surface area contributed by atoms with E-state index in [9.17, 15) is 19.7 Å². The number of rotatable bonds is 6. The molecular weight excluding hydrogens is 464 g/mol. The second-order valence-electron chi connectivity index (χ2n) is 5.93. The summed E-state index contributed by atoms with van der Waals surface area (Å²) < 4.78 is 11.4. The van der Waals surface area contributed by atoms with E-state index >= 15 is 0 Å². The fourth-order valence-corrected chi connectivity index (χ4v) is 4.08. The van der Waals surface area contributed by atoms with E-state index in [4.69, 9.17) is 9.47 Å². The molecular formula is C19H15BrN2O6S. The second-order valence-corrected chi connectivity index (χ2v) is 7.83. The van der Waals surface area contributed by atoms with Gasteiger partial charge in [-0.3, -0.25) is 24.6 Å². The molecule has 2 aromatic carbocycles. The highest BCUT2D eigenvalue weighted by atomic mass is 79.9. The number of amides is 2. The van der Waals surface area contributed by atoms with Crippen LogP contribution in [-0.4, -0.2) is 35.2 Å². The third-order valence-electron chi connectivity index (χ3n) is 4.09. The zero-order valence-electron chi connectivity index (χ0n) is 15.4. The number of hydrogen-bond acceptors (Lipinski definition) is 7. The number of imide groups is 1. The molecule has 0 spiro atoms. The number of nitro groups is 1. The highest BCUT2D eigenvalue weighted by Gasteiger charge is 2.35. The smallest absolute Gasteiger partial charge is 0.293 e. The van der Waals surface area contributed by atoms with Crippen molar-refractivity contribution in [1.82, 2.24) is 4.90 Å². The first-order valence-corrected chi connectivity index (χ1v) is 9.85. The molecule has 1 saturated heterocycles. The van der Waals surface area contributed by atoms with Gasteiger partial charge < -0.3 is 9.47 Å². The van der Waals surface area contributed by atoms with Crippen LogP contribution in [0.1, 0.15) is 11.1 Å². The lowest BCUT2D eigenvalue weighted by Crippen LogP contribution is -2.27. The number of carbonyl (C=O) groups is 2. The first-order valence-electron chi connectivity index (χ1n) is 8.24. The van der Waals surface area contributed by atoms with Crippen LogP contribution >= 0.6 is 27.7 Å². The average Bonchev–Trinajstić information content (AvgIpc) is 2.95. The van der Waals surface area contributed by atoms with E-state index in [0.717, 1.165) is 21.1 Å². The molecule has 0 saturated carbocycles. The van der Waals surface area contributed by atoms with Crippen LogP contribution < -0.4 is 9.47 Å². The molecule has 1 aliphatic heterocycles. The minimum absolute atomic E-state index is 0.0529. The molecule has 0 aromatic heterocycles. The Bertz CT molecular complexity index is 1040. The van der Waals surface area contributed by atoms with Crippen LogP contribution in [-0.2, 0) is 11.3 Å². The van der Waals surface area contributed by atoms with Gasteiger partial charge in [-0.05, 0) is 35.5 Å². The first-order chi connectivity index (χ1) is 13.8. The van der Waals surface area contributed by atoms with E-state index < -0.39 is 16.1 Å². The Morgan fingerprint density at radius 1 is 1.21 bits per heavy atom. The van der Waals surface area contributed by atoms with Crippen LogP contribution in [0.4, 0.5) is 10.5 Å². The molecule has 0 N–H and O–H groups in total. The number of nitro benzene ring substituents is 1. The number of thioether (sulfide) groups is 1. The summed E-state index contributed by atoms with van der Waals surface area (Å²) in [4.78, 5) is 36.8. The predicted molar refractivity (Wildman–Crippen MR) is 112 cm³/mol. The number of hydrogen-bond donors (Lipinski definition) is 0. The van der Waals surface area contributed by atoms with E-state index in [1.807, 2.05) is 0 Å². The Labute approximate surface area is 178 Å². The predicted octanol–water partition coefficient (Wildman–Crippen LogP) is 4.61. The Balaban J connectivity index is 1.90. The molecule has 3 rings (SSSR count). The van der Waals surface area contributed by atoms with Crippen molar-refractivity contribution in [3.05, 3.63) is 67.0 Å². The zero-order valence-corrected chi connectivity index (χ0v) is 17.8. The largest absolute Gasteiger partial charge is 0.493 e.